The monoisotopic (exact) mass is 239 g/mol. The van der Waals surface area contributed by atoms with Crippen molar-refractivity contribution in [3.8, 4) is 0 Å². The van der Waals surface area contributed by atoms with Crippen molar-refractivity contribution in [3.63, 3.8) is 0 Å². The molecular formula is C15H29NO. The molecule has 17 heavy (non-hydrogen) atoms. The maximum Gasteiger partial charge on any atom is 0.0583 e. The average molecular weight is 239 g/mol. The summed E-state index contributed by atoms with van der Waals surface area (Å²) in [6, 6.07) is 0.693. The van der Waals surface area contributed by atoms with Gasteiger partial charge in [0.2, 0.25) is 0 Å². The molecule has 3 unspecified atom stereocenters. The van der Waals surface area contributed by atoms with Crippen molar-refractivity contribution in [2.45, 2.75) is 76.9 Å². The fourth-order valence-electron chi connectivity index (χ4n) is 3.76. The van der Waals surface area contributed by atoms with Gasteiger partial charge in [-0.3, -0.25) is 0 Å². The van der Waals surface area contributed by atoms with Gasteiger partial charge in [0, 0.05) is 12.0 Å². The smallest absolute Gasteiger partial charge is 0.0583 e. The molecule has 1 N–H and O–H groups in total. The number of aliphatic hydroxyl groups is 1. The Hall–Kier alpha value is -0.0800. The van der Waals surface area contributed by atoms with Crippen LogP contribution in [-0.2, 0) is 0 Å². The van der Waals surface area contributed by atoms with E-state index in [0.717, 1.165) is 6.42 Å². The zero-order valence-corrected chi connectivity index (χ0v) is 11.4. The van der Waals surface area contributed by atoms with Gasteiger partial charge in [-0.2, -0.15) is 0 Å². The fourth-order valence-corrected chi connectivity index (χ4v) is 3.76. The maximum atomic E-state index is 10.1. The van der Waals surface area contributed by atoms with Gasteiger partial charge >= 0.3 is 0 Å². The van der Waals surface area contributed by atoms with Crippen LogP contribution in [0, 0.1) is 5.92 Å². The van der Waals surface area contributed by atoms with Gasteiger partial charge in [-0.1, -0.05) is 32.6 Å². The molecule has 3 atom stereocenters. The Morgan fingerprint density at radius 1 is 1.06 bits per heavy atom. The minimum absolute atomic E-state index is 0.00762. The minimum atomic E-state index is -0.00762. The van der Waals surface area contributed by atoms with E-state index in [1.165, 1.54) is 64.5 Å². The summed E-state index contributed by atoms with van der Waals surface area (Å²) in [7, 11) is 0. The Morgan fingerprint density at radius 3 is 2.65 bits per heavy atom. The lowest BCUT2D eigenvalue weighted by Crippen LogP contribution is -2.46. The van der Waals surface area contributed by atoms with Gasteiger partial charge in [0.25, 0.3) is 0 Å². The van der Waals surface area contributed by atoms with Crippen molar-refractivity contribution in [3.05, 3.63) is 0 Å². The maximum absolute atomic E-state index is 10.1. The number of aliphatic hydroxyl groups excluding tert-OH is 1. The molecule has 2 aliphatic rings. The first-order valence-electron chi connectivity index (χ1n) is 7.75. The molecule has 0 radical (unpaired) electrons. The zero-order valence-electron chi connectivity index (χ0n) is 11.4. The highest BCUT2D eigenvalue weighted by molar-refractivity contribution is 4.90. The molecule has 1 heterocycles. The summed E-state index contributed by atoms with van der Waals surface area (Å²) in [5, 5.41) is 10.1. The van der Waals surface area contributed by atoms with Crippen molar-refractivity contribution in [1.29, 1.82) is 0 Å². The lowest BCUT2D eigenvalue weighted by Gasteiger charge is -2.40. The lowest BCUT2D eigenvalue weighted by atomic mass is 9.87. The fraction of sp³-hybridized carbons (Fsp3) is 1.00. The first-order valence-corrected chi connectivity index (χ1v) is 7.75. The van der Waals surface area contributed by atoms with Gasteiger partial charge in [-0.25, -0.2) is 0 Å². The number of piperidine rings is 1. The third kappa shape index (κ3) is 3.45. The van der Waals surface area contributed by atoms with Crippen LogP contribution in [0.1, 0.15) is 64.7 Å². The molecule has 2 fully saturated rings. The summed E-state index contributed by atoms with van der Waals surface area (Å²) in [6.45, 7) is 4.81. The number of likely N-dealkylation sites (tertiary alicyclic amines) is 1. The van der Waals surface area contributed by atoms with Crippen LogP contribution in [0.2, 0.25) is 0 Å². The van der Waals surface area contributed by atoms with Crippen LogP contribution >= 0.6 is 0 Å². The first kappa shape index (κ1) is 13.4. The third-order valence-electron chi connectivity index (χ3n) is 4.74. The summed E-state index contributed by atoms with van der Waals surface area (Å²) >= 11 is 0. The molecule has 1 saturated heterocycles. The quantitative estimate of drug-likeness (QED) is 0.745. The van der Waals surface area contributed by atoms with Gasteiger partial charge < -0.3 is 10.0 Å². The largest absolute Gasteiger partial charge is 0.393 e. The van der Waals surface area contributed by atoms with Gasteiger partial charge in [0.05, 0.1) is 6.10 Å². The summed E-state index contributed by atoms with van der Waals surface area (Å²) in [5.41, 5.74) is 0. The van der Waals surface area contributed by atoms with Gasteiger partial charge in [-0.05, 0) is 45.2 Å². The van der Waals surface area contributed by atoms with E-state index < -0.39 is 0 Å². The van der Waals surface area contributed by atoms with E-state index in [-0.39, 0.29) is 6.10 Å². The van der Waals surface area contributed by atoms with Crippen LogP contribution in [0.25, 0.3) is 0 Å². The molecule has 2 nitrogen and oxygen atoms in total. The van der Waals surface area contributed by atoms with Crippen LogP contribution < -0.4 is 0 Å². The predicted molar refractivity (Wildman–Crippen MR) is 72.1 cm³/mol. The van der Waals surface area contributed by atoms with Crippen LogP contribution in [-0.4, -0.2) is 35.2 Å². The van der Waals surface area contributed by atoms with E-state index in [2.05, 4.69) is 11.8 Å². The number of nitrogens with zero attached hydrogens (tertiary/aromatic N) is 1. The molecule has 1 aliphatic carbocycles. The Balaban J connectivity index is 1.87. The van der Waals surface area contributed by atoms with Crippen LogP contribution in [0.5, 0.6) is 0 Å². The Morgan fingerprint density at radius 2 is 1.94 bits per heavy atom. The molecule has 0 spiro atoms. The third-order valence-corrected chi connectivity index (χ3v) is 4.74. The summed E-state index contributed by atoms with van der Waals surface area (Å²) < 4.78 is 0. The van der Waals surface area contributed by atoms with Crippen molar-refractivity contribution in [2.24, 2.45) is 5.92 Å². The molecule has 1 aliphatic heterocycles. The van der Waals surface area contributed by atoms with Crippen LogP contribution in [0.4, 0.5) is 0 Å². The van der Waals surface area contributed by atoms with E-state index in [9.17, 15) is 5.11 Å². The average Bonchev–Trinajstić information content (AvgIpc) is 2.76. The molecule has 0 bridgehead atoms. The van der Waals surface area contributed by atoms with Crippen molar-refractivity contribution >= 4 is 0 Å². The number of rotatable bonds is 5. The molecule has 2 heteroatoms. The van der Waals surface area contributed by atoms with Crippen molar-refractivity contribution in [2.75, 3.05) is 13.1 Å². The molecular weight excluding hydrogens is 210 g/mol. The standard InChI is InChI=1S/C15H29NO/c1-2-3-5-11-16-12-6-4-9-14(16)13-8-7-10-15(13)17/h13-15,17H,2-12H2,1H3. The van der Waals surface area contributed by atoms with Crippen LogP contribution in [0.15, 0.2) is 0 Å². The first-order chi connectivity index (χ1) is 8.33. The molecule has 0 amide bonds. The Kier molecular flexibility index (Phi) is 5.30. The van der Waals surface area contributed by atoms with Crippen LogP contribution in [0.3, 0.4) is 0 Å². The van der Waals surface area contributed by atoms with Gasteiger partial charge in [-0.15, -0.1) is 0 Å². The molecule has 2 rings (SSSR count). The Labute approximate surface area is 106 Å². The highest BCUT2D eigenvalue weighted by Crippen LogP contribution is 2.35. The number of hydrogen-bond donors (Lipinski definition) is 1. The predicted octanol–water partition coefficient (Wildman–Crippen LogP) is 3.19. The normalized spacial score (nSPS) is 35.3. The summed E-state index contributed by atoms with van der Waals surface area (Å²) in [6.07, 6.45) is 11.6. The lowest BCUT2D eigenvalue weighted by molar-refractivity contribution is 0.0347. The van der Waals surface area contributed by atoms with E-state index >= 15 is 0 Å². The topological polar surface area (TPSA) is 23.5 Å². The zero-order chi connectivity index (χ0) is 12.1. The molecule has 100 valence electrons. The second-order valence-electron chi connectivity index (χ2n) is 5.97. The summed E-state index contributed by atoms with van der Waals surface area (Å²) in [5.74, 6) is 0.580. The van der Waals surface area contributed by atoms with Crippen molar-refractivity contribution < 1.29 is 5.11 Å². The number of unbranched alkanes of at least 4 members (excludes halogenated alkanes) is 2. The minimum Gasteiger partial charge on any atom is -0.393 e. The molecule has 0 aromatic carbocycles. The SMILES string of the molecule is CCCCCN1CCCCC1C1CCCC1O. The second kappa shape index (κ2) is 6.75. The summed E-state index contributed by atoms with van der Waals surface area (Å²) in [4.78, 5) is 2.69. The Bertz CT molecular complexity index is 219. The van der Waals surface area contributed by atoms with E-state index in [0.29, 0.717) is 12.0 Å². The van der Waals surface area contributed by atoms with E-state index in [1.54, 1.807) is 0 Å². The molecule has 1 saturated carbocycles. The van der Waals surface area contributed by atoms with Gasteiger partial charge in [0.15, 0.2) is 0 Å². The van der Waals surface area contributed by atoms with E-state index in [4.69, 9.17) is 0 Å². The second-order valence-corrected chi connectivity index (χ2v) is 5.97. The van der Waals surface area contributed by atoms with Crippen molar-refractivity contribution in [1.82, 2.24) is 4.90 Å². The number of hydrogen-bond acceptors (Lipinski definition) is 2. The highest BCUT2D eigenvalue weighted by atomic mass is 16.3. The highest BCUT2D eigenvalue weighted by Gasteiger charge is 2.36. The van der Waals surface area contributed by atoms with Gasteiger partial charge in [0.1, 0.15) is 0 Å². The van der Waals surface area contributed by atoms with E-state index in [1.807, 2.05) is 0 Å². The molecule has 0 aromatic rings. The molecule has 0 aromatic heterocycles.